The van der Waals surface area contributed by atoms with Crippen LogP contribution in [0.1, 0.15) is 17.2 Å². The maximum absolute atomic E-state index is 11.9. The Morgan fingerprint density at radius 3 is 2.81 bits per heavy atom. The molecule has 3 aromatic heterocycles. The zero-order valence-electron chi connectivity index (χ0n) is 16.6. The van der Waals surface area contributed by atoms with Crippen molar-refractivity contribution >= 4 is 40.6 Å². The summed E-state index contributed by atoms with van der Waals surface area (Å²) in [4.78, 5) is 28.6. The molecule has 0 saturated carbocycles. The summed E-state index contributed by atoms with van der Waals surface area (Å²) in [7, 11) is 0. The lowest BCUT2D eigenvalue weighted by Gasteiger charge is -2.16. The Hall–Kier alpha value is -3.74. The predicted octanol–water partition coefficient (Wildman–Crippen LogP) is 3.78. The first-order valence-corrected chi connectivity index (χ1v) is 10.1. The molecule has 0 aliphatic carbocycles. The normalized spacial score (nSPS) is 11.8. The number of rotatable bonds is 6. The summed E-state index contributed by atoms with van der Waals surface area (Å²) in [5.74, 6) is -0.334. The van der Waals surface area contributed by atoms with Crippen molar-refractivity contribution in [2.45, 2.75) is 19.4 Å². The first-order chi connectivity index (χ1) is 15.4. The van der Waals surface area contributed by atoms with Crippen molar-refractivity contribution < 1.29 is 9.90 Å². The van der Waals surface area contributed by atoms with E-state index in [1.807, 2.05) is 23.5 Å². The molecule has 0 bridgehead atoms. The number of hydrogen-bond donors (Lipinski definition) is 2. The summed E-state index contributed by atoms with van der Waals surface area (Å²) in [6.07, 6.45) is 3.55. The van der Waals surface area contributed by atoms with Crippen molar-refractivity contribution in [2.24, 2.45) is 0 Å². The molecule has 9 nitrogen and oxygen atoms in total. The van der Waals surface area contributed by atoms with Gasteiger partial charge in [0, 0.05) is 18.2 Å². The maximum Gasteiger partial charge on any atom is 0.326 e. The highest BCUT2D eigenvalue weighted by Crippen LogP contribution is 2.27. The second kappa shape index (κ2) is 8.78. The fourth-order valence-electron chi connectivity index (χ4n) is 3.15. The largest absolute Gasteiger partial charge is 0.480 e. The van der Waals surface area contributed by atoms with Crippen LogP contribution < -0.4 is 5.32 Å². The van der Waals surface area contributed by atoms with E-state index in [-0.39, 0.29) is 29.0 Å². The van der Waals surface area contributed by atoms with Gasteiger partial charge in [-0.3, -0.25) is 0 Å². The molecule has 160 valence electrons. The topological polar surface area (TPSA) is 129 Å². The Bertz CT molecular complexity index is 1380. The molecule has 11 heteroatoms. The number of aliphatic carboxylic acids is 1. The minimum absolute atomic E-state index is 0.0256. The number of carboxylic acids is 1. The monoisotopic (exact) mass is 467 g/mol. The number of carbonyl (C=O) groups is 1. The van der Waals surface area contributed by atoms with E-state index in [0.717, 1.165) is 11.3 Å². The van der Waals surface area contributed by atoms with Crippen molar-refractivity contribution in [3.63, 3.8) is 0 Å². The quantitative estimate of drug-likeness (QED) is 0.438. The molecule has 3 heterocycles. The van der Waals surface area contributed by atoms with Gasteiger partial charge in [-0.2, -0.15) is 20.2 Å². The van der Waals surface area contributed by atoms with Crippen LogP contribution >= 0.6 is 23.2 Å². The van der Waals surface area contributed by atoms with Crippen LogP contribution in [0.25, 0.3) is 16.9 Å². The second-order valence-corrected chi connectivity index (χ2v) is 7.67. The van der Waals surface area contributed by atoms with Crippen molar-refractivity contribution in [1.29, 1.82) is 5.26 Å². The van der Waals surface area contributed by atoms with Gasteiger partial charge in [-0.1, -0.05) is 35.3 Å². The molecule has 1 aromatic carbocycles. The molecule has 2 N–H and O–H groups in total. The van der Waals surface area contributed by atoms with Gasteiger partial charge in [0.05, 0.1) is 21.8 Å². The maximum atomic E-state index is 11.9. The molecule has 0 aliphatic rings. The van der Waals surface area contributed by atoms with Gasteiger partial charge in [-0.25, -0.2) is 9.78 Å². The van der Waals surface area contributed by atoms with E-state index in [1.165, 1.54) is 0 Å². The Morgan fingerprint density at radius 2 is 2.06 bits per heavy atom. The minimum Gasteiger partial charge on any atom is -0.480 e. The number of aromatic nitrogens is 5. The van der Waals surface area contributed by atoms with Gasteiger partial charge in [-0.15, -0.1) is 0 Å². The fourth-order valence-corrected chi connectivity index (χ4v) is 3.55. The minimum atomic E-state index is -1.14. The molecule has 32 heavy (non-hydrogen) atoms. The summed E-state index contributed by atoms with van der Waals surface area (Å²) in [5.41, 5.74) is 2.06. The SMILES string of the molecule is Cc1ncc2ccc(-c3nc(C#N)nc(N[C@@H](Cc4cccc(Cl)c4Cl)C(=O)O)n3)cn12. The van der Waals surface area contributed by atoms with Crippen LogP contribution in [0.4, 0.5) is 5.95 Å². The number of nitrogens with one attached hydrogen (secondary N) is 1. The average molecular weight is 468 g/mol. The number of imidazole rings is 1. The molecule has 0 aliphatic heterocycles. The van der Waals surface area contributed by atoms with Gasteiger partial charge >= 0.3 is 5.97 Å². The van der Waals surface area contributed by atoms with Gasteiger partial charge < -0.3 is 14.8 Å². The third-order valence-electron chi connectivity index (χ3n) is 4.76. The van der Waals surface area contributed by atoms with E-state index in [0.29, 0.717) is 16.1 Å². The summed E-state index contributed by atoms with van der Waals surface area (Å²) >= 11 is 12.2. The predicted molar refractivity (Wildman–Crippen MR) is 119 cm³/mol. The van der Waals surface area contributed by atoms with Crippen LogP contribution in [0, 0.1) is 18.3 Å². The number of fused-ring (bicyclic) bond motifs is 1. The van der Waals surface area contributed by atoms with Gasteiger partial charge in [0.1, 0.15) is 17.9 Å². The molecule has 0 radical (unpaired) electrons. The zero-order chi connectivity index (χ0) is 22.8. The first kappa shape index (κ1) is 21.5. The van der Waals surface area contributed by atoms with E-state index >= 15 is 0 Å². The molecular weight excluding hydrogens is 453 g/mol. The number of hydrogen-bond acceptors (Lipinski definition) is 7. The summed E-state index contributed by atoms with van der Waals surface area (Å²) in [6, 6.07) is 9.39. The Kier molecular flexibility index (Phi) is 5.90. The van der Waals surface area contributed by atoms with Crippen LogP contribution in [-0.4, -0.2) is 41.5 Å². The van der Waals surface area contributed by atoms with Crippen LogP contribution in [-0.2, 0) is 11.2 Å². The molecule has 0 fully saturated rings. The van der Waals surface area contributed by atoms with Crippen molar-refractivity contribution in [3.8, 4) is 17.5 Å². The third kappa shape index (κ3) is 4.32. The molecule has 0 saturated heterocycles. The van der Waals surface area contributed by atoms with E-state index in [2.05, 4.69) is 25.3 Å². The van der Waals surface area contributed by atoms with Crippen LogP contribution in [0.15, 0.2) is 42.7 Å². The van der Waals surface area contributed by atoms with Crippen LogP contribution in [0.3, 0.4) is 0 Å². The van der Waals surface area contributed by atoms with Crippen molar-refractivity contribution in [2.75, 3.05) is 5.32 Å². The molecular formula is C21H15Cl2N7O2. The number of pyridine rings is 1. The highest BCUT2D eigenvalue weighted by atomic mass is 35.5. The fraction of sp³-hybridized carbons (Fsp3) is 0.143. The van der Waals surface area contributed by atoms with E-state index in [9.17, 15) is 15.2 Å². The molecule has 0 unspecified atom stereocenters. The number of halogens is 2. The van der Waals surface area contributed by atoms with Gasteiger partial charge in [0.15, 0.2) is 5.82 Å². The van der Waals surface area contributed by atoms with Crippen LogP contribution in [0.2, 0.25) is 10.0 Å². The number of nitriles is 1. The standard InChI is InChI=1S/C21H15Cl2N7O2/c1-11-25-9-14-6-5-13(10-30(11)14)19-27-17(8-24)28-21(29-19)26-16(20(31)32)7-12-3-2-4-15(22)18(12)23/h2-6,9-10,16H,7H2,1H3,(H,31,32)(H,26,27,28,29)/t16-/m0/s1. The lowest BCUT2D eigenvalue weighted by Crippen LogP contribution is -2.32. The van der Waals surface area contributed by atoms with E-state index in [4.69, 9.17) is 23.2 Å². The molecule has 1 atom stereocenters. The summed E-state index contributed by atoms with van der Waals surface area (Å²) < 4.78 is 1.86. The Morgan fingerprint density at radius 1 is 1.25 bits per heavy atom. The molecule has 4 aromatic rings. The van der Waals surface area contributed by atoms with Crippen LogP contribution in [0.5, 0.6) is 0 Å². The lowest BCUT2D eigenvalue weighted by molar-refractivity contribution is -0.137. The number of anilines is 1. The molecule has 0 amide bonds. The number of aryl methyl sites for hydroxylation is 1. The third-order valence-corrected chi connectivity index (χ3v) is 5.62. The van der Waals surface area contributed by atoms with E-state index in [1.54, 1.807) is 36.7 Å². The highest BCUT2D eigenvalue weighted by Gasteiger charge is 2.22. The summed E-state index contributed by atoms with van der Waals surface area (Å²) in [6.45, 7) is 1.86. The van der Waals surface area contributed by atoms with Gasteiger partial charge in [0.2, 0.25) is 11.8 Å². The van der Waals surface area contributed by atoms with Crippen molar-refractivity contribution in [3.05, 3.63) is 70.0 Å². The number of carboxylic acid groups (broad SMARTS) is 1. The zero-order valence-corrected chi connectivity index (χ0v) is 18.1. The molecule has 4 rings (SSSR count). The average Bonchev–Trinajstić information content (AvgIpc) is 3.16. The lowest BCUT2D eigenvalue weighted by atomic mass is 10.1. The summed E-state index contributed by atoms with van der Waals surface area (Å²) in [5, 5.41) is 22.4. The first-order valence-electron chi connectivity index (χ1n) is 9.38. The Balaban J connectivity index is 1.69. The number of benzene rings is 1. The van der Waals surface area contributed by atoms with Gasteiger partial charge in [0.25, 0.3) is 0 Å². The smallest absolute Gasteiger partial charge is 0.326 e. The second-order valence-electron chi connectivity index (χ2n) is 6.89. The highest BCUT2D eigenvalue weighted by molar-refractivity contribution is 6.42. The molecule has 0 spiro atoms. The van der Waals surface area contributed by atoms with Gasteiger partial charge in [-0.05, 0) is 30.7 Å². The Labute approximate surface area is 192 Å². The van der Waals surface area contributed by atoms with Crippen molar-refractivity contribution in [1.82, 2.24) is 24.3 Å². The van der Waals surface area contributed by atoms with E-state index < -0.39 is 12.0 Å². The number of nitrogens with zero attached hydrogens (tertiary/aromatic N) is 6.